The summed E-state index contributed by atoms with van der Waals surface area (Å²) in [6.45, 7) is 1.88. The molecule has 0 saturated heterocycles. The number of carbonyl (C=O) groups excluding carboxylic acids is 1. The zero-order valence-corrected chi connectivity index (χ0v) is 16.7. The molecule has 3 aromatic rings. The molecule has 1 atom stereocenters. The fourth-order valence-corrected chi connectivity index (χ4v) is 3.22. The number of anilines is 1. The van der Waals surface area contributed by atoms with Gasteiger partial charge in [-0.3, -0.25) is 10.1 Å². The van der Waals surface area contributed by atoms with Crippen molar-refractivity contribution in [2.45, 2.75) is 19.4 Å². The number of methoxy groups -OCH3 is 2. The Morgan fingerprint density at radius 2 is 1.75 bits per heavy atom. The molecule has 0 bridgehead atoms. The monoisotopic (exact) mass is 399 g/mol. The number of nitrogens with one attached hydrogen (secondary N) is 1. The van der Waals surface area contributed by atoms with Crippen LogP contribution >= 0.6 is 11.3 Å². The van der Waals surface area contributed by atoms with Crippen LogP contribution in [-0.2, 0) is 4.79 Å². The van der Waals surface area contributed by atoms with Crippen LogP contribution < -0.4 is 19.5 Å². The van der Waals surface area contributed by atoms with E-state index >= 15 is 0 Å². The lowest BCUT2D eigenvalue weighted by molar-refractivity contribution is -0.122. The number of carbonyl (C=O) groups is 1. The van der Waals surface area contributed by atoms with Gasteiger partial charge in [-0.1, -0.05) is 24.3 Å². The van der Waals surface area contributed by atoms with E-state index in [1.807, 2.05) is 43.3 Å². The van der Waals surface area contributed by atoms with Gasteiger partial charge in [0.1, 0.15) is 22.3 Å². The molecular weight excluding hydrogens is 378 g/mol. The van der Waals surface area contributed by atoms with Crippen molar-refractivity contribution in [3.63, 3.8) is 0 Å². The number of hydrogen-bond donors (Lipinski definition) is 1. The van der Waals surface area contributed by atoms with Gasteiger partial charge in [0.05, 0.1) is 14.2 Å². The van der Waals surface area contributed by atoms with Crippen LogP contribution in [0, 0.1) is 0 Å². The molecule has 0 unspecified atom stereocenters. The number of amides is 1. The van der Waals surface area contributed by atoms with E-state index in [0.29, 0.717) is 28.1 Å². The van der Waals surface area contributed by atoms with Gasteiger partial charge in [0.25, 0.3) is 5.91 Å². The highest BCUT2D eigenvalue weighted by Gasteiger charge is 2.20. The fourth-order valence-electron chi connectivity index (χ4n) is 2.47. The molecule has 146 valence electrons. The minimum Gasteiger partial charge on any atom is -0.497 e. The van der Waals surface area contributed by atoms with Crippen molar-refractivity contribution in [2.75, 3.05) is 19.5 Å². The molecule has 0 spiro atoms. The first-order valence-electron chi connectivity index (χ1n) is 8.72. The average molecular weight is 399 g/mol. The topological polar surface area (TPSA) is 82.6 Å². The van der Waals surface area contributed by atoms with E-state index in [1.165, 1.54) is 11.3 Å². The van der Waals surface area contributed by atoms with E-state index in [9.17, 15) is 4.79 Å². The molecule has 1 heterocycles. The Hall–Kier alpha value is -3.13. The zero-order chi connectivity index (χ0) is 19.9. The van der Waals surface area contributed by atoms with E-state index in [4.69, 9.17) is 14.2 Å². The molecule has 0 aliphatic rings. The predicted octanol–water partition coefficient (Wildman–Crippen LogP) is 4.02. The number of benzene rings is 2. The first kappa shape index (κ1) is 19.6. The average Bonchev–Trinajstić information content (AvgIpc) is 3.20. The summed E-state index contributed by atoms with van der Waals surface area (Å²) < 4.78 is 16.1. The molecule has 8 heteroatoms. The summed E-state index contributed by atoms with van der Waals surface area (Å²) in [4.78, 5) is 12.6. The van der Waals surface area contributed by atoms with E-state index in [1.54, 1.807) is 26.4 Å². The summed E-state index contributed by atoms with van der Waals surface area (Å²) in [6, 6.07) is 14.6. The van der Waals surface area contributed by atoms with Crippen LogP contribution in [0.5, 0.6) is 17.2 Å². The summed E-state index contributed by atoms with van der Waals surface area (Å²) in [5.41, 5.74) is 0.901. The molecule has 7 nitrogen and oxygen atoms in total. The molecule has 1 aromatic heterocycles. The Labute approximate surface area is 167 Å². The molecule has 0 radical (unpaired) electrons. The minimum absolute atomic E-state index is 0.275. The Morgan fingerprint density at radius 1 is 1.04 bits per heavy atom. The third-order valence-corrected chi connectivity index (χ3v) is 4.86. The number of nitrogens with zero attached hydrogens (tertiary/aromatic N) is 2. The van der Waals surface area contributed by atoms with Crippen LogP contribution in [0.15, 0.2) is 48.5 Å². The minimum atomic E-state index is -0.652. The van der Waals surface area contributed by atoms with Gasteiger partial charge >= 0.3 is 0 Å². The maximum absolute atomic E-state index is 12.6. The third-order valence-electron chi connectivity index (χ3n) is 3.97. The van der Waals surface area contributed by atoms with Crippen molar-refractivity contribution in [3.05, 3.63) is 48.5 Å². The van der Waals surface area contributed by atoms with Gasteiger partial charge in [-0.15, -0.1) is 10.2 Å². The van der Waals surface area contributed by atoms with E-state index in [0.717, 1.165) is 11.3 Å². The molecule has 2 aromatic carbocycles. The maximum atomic E-state index is 12.6. The summed E-state index contributed by atoms with van der Waals surface area (Å²) in [5.74, 6) is 1.73. The molecule has 0 aliphatic carbocycles. The number of hydrogen-bond acceptors (Lipinski definition) is 7. The molecule has 1 amide bonds. The van der Waals surface area contributed by atoms with Crippen molar-refractivity contribution in [1.29, 1.82) is 0 Å². The Kier molecular flexibility index (Phi) is 6.44. The zero-order valence-electron chi connectivity index (χ0n) is 15.8. The van der Waals surface area contributed by atoms with Gasteiger partial charge < -0.3 is 14.2 Å². The van der Waals surface area contributed by atoms with E-state index in [-0.39, 0.29) is 5.91 Å². The Morgan fingerprint density at radius 3 is 2.43 bits per heavy atom. The van der Waals surface area contributed by atoms with Crippen LogP contribution in [0.3, 0.4) is 0 Å². The number of ether oxygens (including phenoxy) is 3. The first-order valence-corrected chi connectivity index (χ1v) is 9.54. The van der Waals surface area contributed by atoms with Gasteiger partial charge in [-0.05, 0) is 42.8 Å². The second-order valence-electron chi connectivity index (χ2n) is 5.82. The summed E-state index contributed by atoms with van der Waals surface area (Å²) in [5, 5.41) is 12.1. The lowest BCUT2D eigenvalue weighted by atomic mass is 10.2. The Balaban J connectivity index is 1.66. The highest BCUT2D eigenvalue weighted by molar-refractivity contribution is 7.18. The standard InChI is InChI=1S/C20H21N3O4S/c1-4-17(27-16-7-5-6-15(12-16)26-3)18(24)21-20-23-22-19(28-20)13-8-10-14(25-2)11-9-13/h5-12,17H,4H2,1-3H3,(H,21,23,24)/t17-/m1/s1. The molecule has 0 saturated carbocycles. The van der Waals surface area contributed by atoms with Crippen molar-refractivity contribution in [2.24, 2.45) is 0 Å². The number of aromatic nitrogens is 2. The van der Waals surface area contributed by atoms with Crippen LogP contribution in [0.4, 0.5) is 5.13 Å². The van der Waals surface area contributed by atoms with E-state index < -0.39 is 6.10 Å². The molecule has 0 aliphatic heterocycles. The van der Waals surface area contributed by atoms with Gasteiger partial charge in [0.15, 0.2) is 6.10 Å². The third kappa shape index (κ3) is 4.77. The molecule has 1 N–H and O–H groups in total. The smallest absolute Gasteiger partial charge is 0.267 e. The van der Waals surface area contributed by atoms with Gasteiger partial charge in [-0.25, -0.2) is 0 Å². The van der Waals surface area contributed by atoms with Crippen LogP contribution in [-0.4, -0.2) is 36.4 Å². The summed E-state index contributed by atoms with van der Waals surface area (Å²) in [7, 11) is 3.20. The van der Waals surface area contributed by atoms with Gasteiger partial charge in [0, 0.05) is 11.6 Å². The summed E-state index contributed by atoms with van der Waals surface area (Å²) >= 11 is 1.30. The van der Waals surface area contributed by atoms with Crippen LogP contribution in [0.25, 0.3) is 10.6 Å². The quantitative estimate of drug-likeness (QED) is 0.616. The van der Waals surface area contributed by atoms with Crippen molar-refractivity contribution >= 4 is 22.4 Å². The number of rotatable bonds is 8. The first-order chi connectivity index (χ1) is 13.6. The second-order valence-corrected chi connectivity index (χ2v) is 6.80. The van der Waals surface area contributed by atoms with Crippen LogP contribution in [0.1, 0.15) is 13.3 Å². The van der Waals surface area contributed by atoms with Gasteiger partial charge in [-0.2, -0.15) is 0 Å². The fraction of sp³-hybridized carbons (Fsp3) is 0.250. The van der Waals surface area contributed by atoms with Crippen molar-refractivity contribution in [3.8, 4) is 27.8 Å². The molecule has 0 fully saturated rings. The lowest BCUT2D eigenvalue weighted by Gasteiger charge is -2.16. The van der Waals surface area contributed by atoms with Crippen LogP contribution in [0.2, 0.25) is 0 Å². The molecule has 3 rings (SSSR count). The highest BCUT2D eigenvalue weighted by atomic mass is 32.1. The SMILES string of the molecule is CC[C@@H](Oc1cccc(OC)c1)C(=O)Nc1nnc(-c2ccc(OC)cc2)s1. The van der Waals surface area contributed by atoms with E-state index in [2.05, 4.69) is 15.5 Å². The predicted molar refractivity (Wildman–Crippen MR) is 108 cm³/mol. The molecular formula is C20H21N3O4S. The highest BCUT2D eigenvalue weighted by Crippen LogP contribution is 2.28. The van der Waals surface area contributed by atoms with Crippen molar-refractivity contribution in [1.82, 2.24) is 10.2 Å². The maximum Gasteiger partial charge on any atom is 0.267 e. The molecule has 28 heavy (non-hydrogen) atoms. The second kappa shape index (κ2) is 9.18. The van der Waals surface area contributed by atoms with Gasteiger partial charge in [0.2, 0.25) is 5.13 Å². The Bertz CT molecular complexity index is 927. The largest absolute Gasteiger partial charge is 0.497 e. The lowest BCUT2D eigenvalue weighted by Crippen LogP contribution is -2.32. The summed E-state index contributed by atoms with van der Waals surface area (Å²) in [6.07, 6.45) is -0.145. The van der Waals surface area contributed by atoms with Crippen molar-refractivity contribution < 1.29 is 19.0 Å². The normalized spacial score (nSPS) is 11.5.